The van der Waals surface area contributed by atoms with Gasteiger partial charge in [-0.15, -0.1) is 0 Å². The van der Waals surface area contributed by atoms with Gasteiger partial charge in [0.1, 0.15) is 6.04 Å². The molecule has 0 bridgehead atoms. The Labute approximate surface area is 303 Å². The number of rotatable bonds is 17. The van der Waals surface area contributed by atoms with Crippen molar-refractivity contribution >= 4 is 23.6 Å². The molecule has 2 fully saturated rings. The quantitative estimate of drug-likeness (QED) is 0.147. The molecule has 9 heteroatoms. The molecular weight excluding hydrogens is 638 g/mol. The van der Waals surface area contributed by atoms with Crippen LogP contribution in [0.3, 0.4) is 0 Å². The van der Waals surface area contributed by atoms with Gasteiger partial charge < -0.3 is 26.6 Å². The molecular formula is C42H55N5O4. The number of hydrogen-bond donors (Lipinski definition) is 4. The van der Waals surface area contributed by atoms with E-state index >= 15 is 0 Å². The second kappa shape index (κ2) is 19.2. The fourth-order valence-electron chi connectivity index (χ4n) is 8.00. The van der Waals surface area contributed by atoms with Crippen molar-refractivity contribution < 1.29 is 19.2 Å². The molecule has 3 aromatic rings. The van der Waals surface area contributed by atoms with E-state index < -0.39 is 23.3 Å². The van der Waals surface area contributed by atoms with Crippen LogP contribution in [0.1, 0.15) is 87.3 Å². The number of carbonyl (C=O) groups excluding carboxylic acids is 4. The Balaban J connectivity index is 1.18. The van der Waals surface area contributed by atoms with Crippen LogP contribution in [-0.4, -0.2) is 67.3 Å². The molecule has 3 aromatic carbocycles. The fraction of sp³-hybridized carbons (Fsp3) is 0.476. The Morgan fingerprint density at radius 2 is 1.27 bits per heavy atom. The third-order valence-corrected chi connectivity index (χ3v) is 10.6. The maximum absolute atomic E-state index is 14.0. The van der Waals surface area contributed by atoms with Crippen molar-refractivity contribution in [2.45, 2.75) is 82.1 Å². The molecule has 0 spiro atoms. The zero-order valence-corrected chi connectivity index (χ0v) is 29.9. The summed E-state index contributed by atoms with van der Waals surface area (Å²) < 4.78 is 0. The van der Waals surface area contributed by atoms with Crippen LogP contribution in [0.25, 0.3) is 0 Å². The van der Waals surface area contributed by atoms with Crippen molar-refractivity contribution in [2.24, 2.45) is 17.6 Å². The third kappa shape index (κ3) is 11.0. The topological polar surface area (TPSA) is 134 Å². The van der Waals surface area contributed by atoms with Gasteiger partial charge in [0, 0.05) is 45.4 Å². The molecule has 1 aliphatic carbocycles. The van der Waals surface area contributed by atoms with E-state index in [0.29, 0.717) is 12.5 Å². The number of piperidine rings is 1. The average molecular weight is 694 g/mol. The molecule has 0 aromatic heterocycles. The monoisotopic (exact) mass is 693 g/mol. The highest BCUT2D eigenvalue weighted by atomic mass is 16.2. The van der Waals surface area contributed by atoms with Crippen molar-refractivity contribution in [1.29, 1.82) is 0 Å². The lowest BCUT2D eigenvalue weighted by Crippen LogP contribution is -2.49. The first-order chi connectivity index (χ1) is 24.8. The predicted octanol–water partition coefficient (Wildman–Crippen LogP) is 5.08. The molecule has 9 nitrogen and oxygen atoms in total. The Hall–Kier alpha value is -4.50. The first-order valence-corrected chi connectivity index (χ1v) is 18.8. The standard InChI is InChI=1S/C42H55N5O4/c43-38(48)24-23-37(41(51)44-26-25-39(49)45-29-33-16-13-27-47(31-33)30-32-14-5-1-6-15-32)46-40(50)28-42(34-17-7-2-8-18-34,35-19-9-3-10-20-35)36-21-11-4-12-22-36/h2-4,7-12,17-22,32-33,37H,1,5-6,13-16,23-31H2,(H2,43,48)(H,44,51)(H,45,49)(H,46,50)/t33?,37-/m1/s1. The maximum Gasteiger partial charge on any atom is 0.242 e. The minimum absolute atomic E-state index is 0.0209. The number of benzene rings is 3. The SMILES string of the molecule is NC(=O)CC[C@@H](NC(=O)CC(c1ccccc1)(c1ccccc1)c1ccccc1)C(=O)NCCC(=O)NCC1CCCN(CC2CCCCC2)C1. The number of nitrogens with one attached hydrogen (secondary N) is 3. The highest BCUT2D eigenvalue weighted by Crippen LogP contribution is 2.42. The normalized spacial score (nSPS) is 17.6. The molecule has 5 N–H and O–H groups in total. The summed E-state index contributed by atoms with van der Waals surface area (Å²) in [5.41, 5.74) is 7.42. The lowest BCUT2D eigenvalue weighted by molar-refractivity contribution is -0.130. The van der Waals surface area contributed by atoms with Crippen molar-refractivity contribution in [1.82, 2.24) is 20.9 Å². The van der Waals surface area contributed by atoms with Crippen molar-refractivity contribution in [3.8, 4) is 0 Å². The van der Waals surface area contributed by atoms with Gasteiger partial charge >= 0.3 is 0 Å². The number of primary amides is 1. The number of likely N-dealkylation sites (tertiary alicyclic amines) is 1. The molecule has 272 valence electrons. The number of nitrogens with zero attached hydrogens (tertiary/aromatic N) is 1. The maximum atomic E-state index is 14.0. The Bertz CT molecular complexity index is 1450. The van der Waals surface area contributed by atoms with E-state index in [1.807, 2.05) is 91.0 Å². The minimum atomic E-state index is -0.995. The summed E-state index contributed by atoms with van der Waals surface area (Å²) in [5, 5.41) is 8.80. The van der Waals surface area contributed by atoms with Crippen LogP contribution in [-0.2, 0) is 24.6 Å². The van der Waals surface area contributed by atoms with Crippen LogP contribution in [0.4, 0.5) is 0 Å². The molecule has 0 radical (unpaired) electrons. The molecule has 2 atom stereocenters. The third-order valence-electron chi connectivity index (χ3n) is 10.6. The molecule has 4 amide bonds. The molecule has 5 rings (SSSR count). The zero-order valence-electron chi connectivity index (χ0n) is 29.9. The second-order valence-corrected chi connectivity index (χ2v) is 14.4. The van der Waals surface area contributed by atoms with Gasteiger partial charge in [-0.25, -0.2) is 0 Å². The van der Waals surface area contributed by atoms with E-state index in [1.165, 1.54) is 38.6 Å². The van der Waals surface area contributed by atoms with Gasteiger partial charge in [-0.2, -0.15) is 0 Å². The zero-order chi connectivity index (χ0) is 35.9. The molecule has 2 aliphatic rings. The van der Waals surface area contributed by atoms with E-state index in [-0.39, 0.29) is 44.0 Å². The molecule has 1 aliphatic heterocycles. The molecule has 1 heterocycles. The minimum Gasteiger partial charge on any atom is -0.370 e. The summed E-state index contributed by atoms with van der Waals surface area (Å²) >= 11 is 0. The highest BCUT2D eigenvalue weighted by molar-refractivity contribution is 5.89. The summed E-state index contributed by atoms with van der Waals surface area (Å²) in [6, 6.07) is 28.6. The van der Waals surface area contributed by atoms with Crippen LogP contribution < -0.4 is 21.7 Å². The van der Waals surface area contributed by atoms with Gasteiger partial charge in [-0.3, -0.25) is 19.2 Å². The van der Waals surface area contributed by atoms with Crippen LogP contribution >= 0.6 is 0 Å². The first kappa shape index (κ1) is 37.7. The number of hydrogen-bond acceptors (Lipinski definition) is 5. The van der Waals surface area contributed by atoms with Crippen molar-refractivity contribution in [3.05, 3.63) is 108 Å². The van der Waals surface area contributed by atoms with Gasteiger partial charge in [0.05, 0.1) is 5.41 Å². The molecule has 1 saturated heterocycles. The predicted molar refractivity (Wildman–Crippen MR) is 201 cm³/mol. The van der Waals surface area contributed by atoms with Gasteiger partial charge in [-0.05, 0) is 67.2 Å². The summed E-state index contributed by atoms with van der Waals surface area (Å²) in [6.07, 6.45) is 9.14. The van der Waals surface area contributed by atoms with E-state index in [1.54, 1.807) is 0 Å². The van der Waals surface area contributed by atoms with E-state index in [9.17, 15) is 19.2 Å². The van der Waals surface area contributed by atoms with Crippen LogP contribution in [0.5, 0.6) is 0 Å². The largest absolute Gasteiger partial charge is 0.370 e. The molecule has 1 unspecified atom stereocenters. The molecule has 51 heavy (non-hydrogen) atoms. The van der Waals surface area contributed by atoms with Gasteiger partial charge in [0.15, 0.2) is 0 Å². The average Bonchev–Trinajstić information content (AvgIpc) is 3.16. The van der Waals surface area contributed by atoms with Crippen LogP contribution in [0.15, 0.2) is 91.0 Å². The van der Waals surface area contributed by atoms with Crippen LogP contribution in [0, 0.1) is 11.8 Å². The Morgan fingerprint density at radius 3 is 1.84 bits per heavy atom. The van der Waals surface area contributed by atoms with E-state index in [0.717, 1.165) is 48.5 Å². The smallest absolute Gasteiger partial charge is 0.242 e. The van der Waals surface area contributed by atoms with Gasteiger partial charge in [-0.1, -0.05) is 110 Å². The lowest BCUT2D eigenvalue weighted by atomic mass is 9.67. The van der Waals surface area contributed by atoms with Gasteiger partial charge in [0.2, 0.25) is 23.6 Å². The Kier molecular flexibility index (Phi) is 14.2. The lowest BCUT2D eigenvalue weighted by Gasteiger charge is -2.36. The summed E-state index contributed by atoms with van der Waals surface area (Å²) in [4.78, 5) is 54.6. The van der Waals surface area contributed by atoms with Gasteiger partial charge in [0.25, 0.3) is 0 Å². The first-order valence-electron chi connectivity index (χ1n) is 18.8. The number of nitrogens with two attached hydrogens (primary N) is 1. The second-order valence-electron chi connectivity index (χ2n) is 14.4. The number of amides is 4. The van der Waals surface area contributed by atoms with E-state index in [4.69, 9.17) is 5.73 Å². The fourth-order valence-corrected chi connectivity index (χ4v) is 8.00. The number of carbonyl (C=O) groups is 4. The summed E-state index contributed by atoms with van der Waals surface area (Å²) in [7, 11) is 0. The van der Waals surface area contributed by atoms with Crippen molar-refractivity contribution in [2.75, 3.05) is 32.7 Å². The summed E-state index contributed by atoms with van der Waals surface area (Å²) in [5.74, 6) is -0.230. The highest BCUT2D eigenvalue weighted by Gasteiger charge is 2.39. The molecule has 1 saturated carbocycles. The van der Waals surface area contributed by atoms with Crippen LogP contribution in [0.2, 0.25) is 0 Å². The summed E-state index contributed by atoms with van der Waals surface area (Å²) in [6.45, 7) is 4.10. The van der Waals surface area contributed by atoms with Crippen molar-refractivity contribution in [3.63, 3.8) is 0 Å². The van der Waals surface area contributed by atoms with E-state index in [2.05, 4.69) is 20.9 Å². The Morgan fingerprint density at radius 1 is 0.706 bits per heavy atom.